The zero-order chi connectivity index (χ0) is 18.6. The van der Waals surface area contributed by atoms with Crippen LogP contribution < -0.4 is 0 Å². The van der Waals surface area contributed by atoms with Crippen molar-refractivity contribution in [3.63, 3.8) is 0 Å². The van der Waals surface area contributed by atoms with Crippen LogP contribution in [0.1, 0.15) is 36.0 Å². The maximum Gasteiger partial charge on any atom is 0.303 e. The summed E-state index contributed by atoms with van der Waals surface area (Å²) >= 11 is 12.0. The first-order valence-electron chi connectivity index (χ1n) is 8.04. The van der Waals surface area contributed by atoms with Gasteiger partial charge in [0.2, 0.25) is 5.91 Å². The minimum atomic E-state index is -0.894. The van der Waals surface area contributed by atoms with E-state index in [1.54, 1.807) is 19.2 Å². The van der Waals surface area contributed by atoms with Crippen LogP contribution in [-0.2, 0) is 9.59 Å². The molecule has 1 unspecified atom stereocenters. The van der Waals surface area contributed by atoms with E-state index in [9.17, 15) is 14.4 Å². The number of halogens is 2. The number of amides is 2. The molecule has 1 aliphatic heterocycles. The Labute approximate surface area is 156 Å². The lowest BCUT2D eigenvalue weighted by molar-refractivity contribution is -0.138. The first-order valence-corrected chi connectivity index (χ1v) is 8.79. The van der Waals surface area contributed by atoms with Gasteiger partial charge in [-0.2, -0.15) is 0 Å². The molecular formula is C17H20Cl2N2O4. The number of carbonyl (C=O) groups is 3. The Balaban J connectivity index is 2.08. The topological polar surface area (TPSA) is 77.9 Å². The van der Waals surface area contributed by atoms with Crippen molar-refractivity contribution in [3.05, 3.63) is 33.8 Å². The molecule has 1 heterocycles. The maximum absolute atomic E-state index is 12.8. The van der Waals surface area contributed by atoms with Crippen LogP contribution in [0.3, 0.4) is 0 Å². The summed E-state index contributed by atoms with van der Waals surface area (Å²) in [6, 6.07) is 4.10. The number of hydrogen-bond donors (Lipinski definition) is 1. The first-order chi connectivity index (χ1) is 11.8. The molecule has 6 nitrogen and oxygen atoms in total. The van der Waals surface area contributed by atoms with Gasteiger partial charge >= 0.3 is 5.97 Å². The van der Waals surface area contributed by atoms with Gasteiger partial charge in [-0.05, 0) is 37.5 Å². The fourth-order valence-corrected chi connectivity index (χ4v) is 3.29. The monoisotopic (exact) mass is 386 g/mol. The molecule has 1 aromatic rings. The van der Waals surface area contributed by atoms with Gasteiger partial charge in [0.25, 0.3) is 5.91 Å². The van der Waals surface area contributed by atoms with E-state index < -0.39 is 12.0 Å². The summed E-state index contributed by atoms with van der Waals surface area (Å²) < 4.78 is 0. The first kappa shape index (κ1) is 19.5. The van der Waals surface area contributed by atoms with Crippen molar-refractivity contribution in [1.29, 1.82) is 0 Å². The Morgan fingerprint density at radius 1 is 1.32 bits per heavy atom. The Kier molecular flexibility index (Phi) is 6.67. The summed E-state index contributed by atoms with van der Waals surface area (Å²) in [5.74, 6) is -1.40. The number of hydrogen-bond acceptors (Lipinski definition) is 3. The third kappa shape index (κ3) is 4.86. The van der Waals surface area contributed by atoms with Crippen LogP contribution >= 0.6 is 23.2 Å². The van der Waals surface area contributed by atoms with E-state index in [1.165, 1.54) is 15.9 Å². The molecule has 2 amide bonds. The molecule has 1 saturated heterocycles. The smallest absolute Gasteiger partial charge is 0.303 e. The molecule has 136 valence electrons. The van der Waals surface area contributed by atoms with E-state index in [2.05, 4.69) is 0 Å². The van der Waals surface area contributed by atoms with E-state index in [0.717, 1.165) is 6.42 Å². The number of carboxylic acid groups (broad SMARTS) is 1. The van der Waals surface area contributed by atoms with Crippen molar-refractivity contribution in [2.75, 3.05) is 20.1 Å². The van der Waals surface area contributed by atoms with Crippen LogP contribution in [0.5, 0.6) is 0 Å². The molecule has 2 rings (SSSR count). The Hall–Kier alpha value is -1.79. The lowest BCUT2D eigenvalue weighted by atomic mass is 10.1. The molecular weight excluding hydrogens is 367 g/mol. The summed E-state index contributed by atoms with van der Waals surface area (Å²) in [7, 11) is 1.62. The number of nitrogens with zero attached hydrogens (tertiary/aromatic N) is 2. The summed E-state index contributed by atoms with van der Waals surface area (Å²) in [6.45, 7) is 0.808. The third-order valence-electron chi connectivity index (χ3n) is 4.22. The summed E-state index contributed by atoms with van der Waals surface area (Å²) in [5.41, 5.74) is 0.280. The molecule has 1 atom stereocenters. The minimum Gasteiger partial charge on any atom is -0.481 e. The van der Waals surface area contributed by atoms with Gasteiger partial charge in [0.1, 0.15) is 6.04 Å². The molecule has 0 aliphatic carbocycles. The van der Waals surface area contributed by atoms with Crippen LogP contribution in [0.25, 0.3) is 0 Å². The molecule has 0 radical (unpaired) electrons. The number of aliphatic carboxylic acids is 1. The highest BCUT2D eigenvalue weighted by Crippen LogP contribution is 2.27. The number of benzene rings is 1. The van der Waals surface area contributed by atoms with Crippen LogP contribution in [0.4, 0.5) is 0 Å². The zero-order valence-electron chi connectivity index (χ0n) is 13.9. The normalized spacial score (nSPS) is 16.8. The van der Waals surface area contributed by atoms with Gasteiger partial charge < -0.3 is 14.9 Å². The van der Waals surface area contributed by atoms with Crippen LogP contribution in [-0.4, -0.2) is 58.9 Å². The van der Waals surface area contributed by atoms with Crippen molar-refractivity contribution >= 4 is 41.0 Å². The second kappa shape index (κ2) is 8.54. The quantitative estimate of drug-likeness (QED) is 0.814. The number of carbonyl (C=O) groups excluding carboxylic acids is 2. The van der Waals surface area contributed by atoms with E-state index >= 15 is 0 Å². The predicted octanol–water partition coefficient (Wildman–Crippen LogP) is 2.92. The molecule has 0 bridgehead atoms. The van der Waals surface area contributed by atoms with Crippen molar-refractivity contribution in [1.82, 2.24) is 9.80 Å². The Morgan fingerprint density at radius 2 is 2.04 bits per heavy atom. The number of rotatable bonds is 6. The maximum atomic E-state index is 12.8. The van der Waals surface area contributed by atoms with Gasteiger partial charge in [0.15, 0.2) is 0 Å². The fourth-order valence-electron chi connectivity index (χ4n) is 2.91. The highest BCUT2D eigenvalue weighted by Gasteiger charge is 2.36. The van der Waals surface area contributed by atoms with Gasteiger partial charge in [-0.3, -0.25) is 14.4 Å². The summed E-state index contributed by atoms with van der Waals surface area (Å²) in [6.07, 6.45) is 1.68. The highest BCUT2D eigenvalue weighted by molar-refractivity contribution is 6.35. The summed E-state index contributed by atoms with van der Waals surface area (Å²) in [5, 5.41) is 9.38. The van der Waals surface area contributed by atoms with E-state index in [-0.39, 0.29) is 23.8 Å². The van der Waals surface area contributed by atoms with Crippen molar-refractivity contribution in [2.45, 2.75) is 31.7 Å². The molecule has 1 N–H and O–H groups in total. The van der Waals surface area contributed by atoms with Crippen molar-refractivity contribution in [3.8, 4) is 0 Å². The standard InChI is InChI=1S/C17H20Cl2N2O4/c1-20(8-3-5-15(22)23)17(25)14-4-2-9-21(14)16(24)12-10-11(18)6-7-13(12)19/h6-7,10,14H,2-5,8-9H2,1H3,(H,22,23). The zero-order valence-corrected chi connectivity index (χ0v) is 15.4. The number of likely N-dealkylation sites (tertiary alicyclic amines) is 1. The molecule has 0 aromatic heterocycles. The van der Waals surface area contributed by atoms with E-state index in [4.69, 9.17) is 28.3 Å². The van der Waals surface area contributed by atoms with Crippen LogP contribution in [0.15, 0.2) is 18.2 Å². The van der Waals surface area contributed by atoms with E-state index in [0.29, 0.717) is 36.0 Å². The van der Waals surface area contributed by atoms with E-state index in [1.807, 2.05) is 0 Å². The molecule has 8 heteroatoms. The van der Waals surface area contributed by atoms with Gasteiger partial charge in [-0.1, -0.05) is 23.2 Å². The molecule has 1 fully saturated rings. The highest BCUT2D eigenvalue weighted by atomic mass is 35.5. The van der Waals surface area contributed by atoms with Crippen LogP contribution in [0.2, 0.25) is 10.0 Å². The van der Waals surface area contributed by atoms with Gasteiger partial charge in [-0.25, -0.2) is 0 Å². The Morgan fingerprint density at radius 3 is 2.72 bits per heavy atom. The average Bonchev–Trinajstić information content (AvgIpc) is 3.04. The fraction of sp³-hybridized carbons (Fsp3) is 0.471. The van der Waals surface area contributed by atoms with Gasteiger partial charge in [0.05, 0.1) is 10.6 Å². The molecule has 0 spiro atoms. The third-order valence-corrected chi connectivity index (χ3v) is 4.78. The minimum absolute atomic E-state index is 0.00303. The molecule has 1 aromatic carbocycles. The lowest BCUT2D eigenvalue weighted by Gasteiger charge is -2.28. The largest absolute Gasteiger partial charge is 0.481 e. The SMILES string of the molecule is CN(CCCC(=O)O)C(=O)C1CCCN1C(=O)c1cc(Cl)ccc1Cl. The van der Waals surface area contributed by atoms with Gasteiger partial charge in [0, 0.05) is 31.6 Å². The van der Waals surface area contributed by atoms with Crippen molar-refractivity contribution in [2.24, 2.45) is 0 Å². The Bertz CT molecular complexity index is 681. The second-order valence-corrected chi connectivity index (χ2v) is 6.88. The average molecular weight is 387 g/mol. The molecule has 25 heavy (non-hydrogen) atoms. The number of likely N-dealkylation sites (N-methyl/N-ethyl adjacent to an activating group) is 1. The van der Waals surface area contributed by atoms with Gasteiger partial charge in [-0.15, -0.1) is 0 Å². The number of carboxylic acids is 1. The lowest BCUT2D eigenvalue weighted by Crippen LogP contribution is -2.46. The predicted molar refractivity (Wildman–Crippen MR) is 95.0 cm³/mol. The summed E-state index contributed by atoms with van der Waals surface area (Å²) in [4.78, 5) is 39.0. The van der Waals surface area contributed by atoms with Crippen LogP contribution in [0, 0.1) is 0 Å². The second-order valence-electron chi connectivity index (χ2n) is 6.04. The molecule has 0 saturated carbocycles. The molecule has 1 aliphatic rings. The van der Waals surface area contributed by atoms with Crippen molar-refractivity contribution < 1.29 is 19.5 Å².